The van der Waals surface area contributed by atoms with Gasteiger partial charge in [-0.1, -0.05) is 0 Å². The molecule has 5 heteroatoms. The summed E-state index contributed by atoms with van der Waals surface area (Å²) < 4.78 is 0. The number of hydrogen-bond acceptors (Lipinski definition) is 3. The van der Waals surface area contributed by atoms with E-state index in [0.717, 1.165) is 5.69 Å². The number of aromatic nitrogens is 1. The average molecular weight is 173 g/mol. The van der Waals surface area contributed by atoms with Crippen molar-refractivity contribution in [3.63, 3.8) is 0 Å². The first-order valence-electron chi connectivity index (χ1n) is 2.69. The maximum absolute atomic E-state index is 5.20. The second kappa shape index (κ2) is 3.48. The van der Waals surface area contributed by atoms with Gasteiger partial charge in [0, 0.05) is 5.38 Å². The van der Waals surface area contributed by atoms with Crippen LogP contribution in [-0.2, 0) is 6.54 Å². The zero-order valence-corrected chi connectivity index (χ0v) is 6.84. The van der Waals surface area contributed by atoms with Crippen molar-refractivity contribution in [2.24, 2.45) is 5.73 Å². The van der Waals surface area contributed by atoms with E-state index in [-0.39, 0.29) is 0 Å². The first-order valence-corrected chi connectivity index (χ1v) is 4.04. The Bertz CT molecular complexity index is 207. The van der Waals surface area contributed by atoms with E-state index < -0.39 is 0 Å². The van der Waals surface area contributed by atoms with Gasteiger partial charge in [0.25, 0.3) is 0 Å². The number of nitrogens with zero attached hydrogens (tertiary/aromatic N) is 1. The molecular formula is C5H7N3S2. The predicted octanol–water partition coefficient (Wildman–Crippen LogP) is 0.476. The third-order valence-corrected chi connectivity index (χ3v) is 1.71. The molecule has 3 nitrogen and oxygen atoms in total. The van der Waals surface area contributed by atoms with Gasteiger partial charge in [0.15, 0.2) is 5.11 Å². The van der Waals surface area contributed by atoms with Gasteiger partial charge < -0.3 is 11.1 Å². The maximum Gasteiger partial charge on any atom is 0.163 e. The minimum absolute atomic E-state index is 0.313. The van der Waals surface area contributed by atoms with E-state index in [4.69, 9.17) is 5.73 Å². The number of thiazole rings is 1. The Balaban J connectivity index is 2.35. The molecule has 10 heavy (non-hydrogen) atoms. The number of nitrogens with two attached hydrogens (primary N) is 1. The van der Waals surface area contributed by atoms with E-state index in [2.05, 4.69) is 22.5 Å². The molecule has 0 atom stereocenters. The van der Waals surface area contributed by atoms with Crippen molar-refractivity contribution in [3.8, 4) is 0 Å². The lowest BCUT2D eigenvalue weighted by Crippen LogP contribution is -2.28. The van der Waals surface area contributed by atoms with Gasteiger partial charge in [0.1, 0.15) is 0 Å². The van der Waals surface area contributed by atoms with E-state index in [0.29, 0.717) is 11.7 Å². The zero-order valence-electron chi connectivity index (χ0n) is 5.20. The van der Waals surface area contributed by atoms with Crippen LogP contribution in [0.4, 0.5) is 0 Å². The quantitative estimate of drug-likeness (QED) is 0.639. The highest BCUT2D eigenvalue weighted by Crippen LogP contribution is 1.98. The summed E-state index contributed by atoms with van der Waals surface area (Å²) in [4.78, 5) is 4.03. The predicted molar refractivity (Wildman–Crippen MR) is 45.7 cm³/mol. The van der Waals surface area contributed by atoms with Crippen molar-refractivity contribution < 1.29 is 0 Å². The molecule has 54 valence electrons. The van der Waals surface area contributed by atoms with Gasteiger partial charge in [-0.2, -0.15) is 0 Å². The van der Waals surface area contributed by atoms with Gasteiger partial charge in [-0.25, -0.2) is 4.98 Å². The number of rotatable bonds is 2. The van der Waals surface area contributed by atoms with Crippen LogP contribution in [0, 0.1) is 0 Å². The summed E-state index contributed by atoms with van der Waals surface area (Å²) in [5, 5.41) is 5.06. The normalized spacial score (nSPS) is 9.20. The molecule has 0 fully saturated rings. The lowest BCUT2D eigenvalue weighted by molar-refractivity contribution is 0.888. The summed E-state index contributed by atoms with van der Waals surface area (Å²) in [5.74, 6) is 0. The van der Waals surface area contributed by atoms with Crippen LogP contribution in [-0.4, -0.2) is 10.1 Å². The van der Waals surface area contributed by atoms with Gasteiger partial charge in [-0.05, 0) is 12.2 Å². The minimum Gasteiger partial charge on any atom is -0.376 e. The Kier molecular flexibility index (Phi) is 2.58. The Morgan fingerprint density at radius 1 is 1.90 bits per heavy atom. The van der Waals surface area contributed by atoms with Crippen molar-refractivity contribution in [2.75, 3.05) is 0 Å². The monoisotopic (exact) mass is 173 g/mol. The molecule has 1 heterocycles. The number of hydrogen-bond donors (Lipinski definition) is 2. The topological polar surface area (TPSA) is 50.9 Å². The van der Waals surface area contributed by atoms with Crippen LogP contribution in [0.2, 0.25) is 0 Å². The molecule has 1 rings (SSSR count). The second-order valence-electron chi connectivity index (χ2n) is 1.70. The molecule has 0 aliphatic carbocycles. The Labute approximate surface area is 68.3 Å². The molecule has 3 N–H and O–H groups in total. The van der Waals surface area contributed by atoms with E-state index in [9.17, 15) is 0 Å². The van der Waals surface area contributed by atoms with Gasteiger partial charge in [-0.3, -0.25) is 0 Å². The van der Waals surface area contributed by atoms with Crippen LogP contribution in [0.5, 0.6) is 0 Å². The first-order chi connectivity index (χ1) is 4.79. The van der Waals surface area contributed by atoms with Gasteiger partial charge in [0.2, 0.25) is 0 Å². The lowest BCUT2D eigenvalue weighted by Gasteiger charge is -1.98. The summed E-state index contributed by atoms with van der Waals surface area (Å²) in [7, 11) is 0. The maximum atomic E-state index is 5.20. The summed E-state index contributed by atoms with van der Waals surface area (Å²) in [5.41, 5.74) is 7.95. The van der Waals surface area contributed by atoms with Crippen LogP contribution < -0.4 is 11.1 Å². The van der Waals surface area contributed by atoms with Gasteiger partial charge in [-0.15, -0.1) is 11.3 Å². The molecule has 0 spiro atoms. The standard InChI is InChI=1S/C5H7N3S2/c6-5(9)7-1-4-2-10-3-8-4/h2-3H,1H2,(H3,6,7,9). The molecule has 0 aromatic carbocycles. The summed E-state index contributed by atoms with van der Waals surface area (Å²) in [6.45, 7) is 0.624. The number of nitrogens with one attached hydrogen (secondary N) is 1. The van der Waals surface area contributed by atoms with Crippen LogP contribution in [0.1, 0.15) is 5.69 Å². The largest absolute Gasteiger partial charge is 0.376 e. The van der Waals surface area contributed by atoms with Crippen LogP contribution in [0.15, 0.2) is 10.9 Å². The fourth-order valence-corrected chi connectivity index (χ4v) is 1.13. The molecule has 0 unspecified atom stereocenters. The average Bonchev–Trinajstić information content (AvgIpc) is 2.34. The zero-order chi connectivity index (χ0) is 7.40. The highest BCUT2D eigenvalue weighted by molar-refractivity contribution is 7.80. The van der Waals surface area contributed by atoms with Crippen molar-refractivity contribution in [1.82, 2.24) is 10.3 Å². The molecule has 0 amide bonds. The molecule has 1 aromatic heterocycles. The van der Waals surface area contributed by atoms with Crippen LogP contribution in [0.3, 0.4) is 0 Å². The molecule has 1 aromatic rings. The Morgan fingerprint density at radius 3 is 3.20 bits per heavy atom. The Morgan fingerprint density at radius 2 is 2.70 bits per heavy atom. The smallest absolute Gasteiger partial charge is 0.163 e. The molecule has 0 saturated carbocycles. The summed E-state index contributed by atoms with van der Waals surface area (Å²) in [6, 6.07) is 0. The van der Waals surface area contributed by atoms with E-state index in [1.807, 2.05) is 5.38 Å². The summed E-state index contributed by atoms with van der Waals surface area (Å²) in [6.07, 6.45) is 0. The highest BCUT2D eigenvalue weighted by atomic mass is 32.1. The molecule has 0 aliphatic heterocycles. The van der Waals surface area contributed by atoms with E-state index >= 15 is 0 Å². The fraction of sp³-hybridized carbons (Fsp3) is 0.200. The SMILES string of the molecule is NC(=S)NCc1cscn1. The van der Waals surface area contributed by atoms with Crippen LogP contribution in [0.25, 0.3) is 0 Å². The third-order valence-electron chi connectivity index (χ3n) is 0.927. The lowest BCUT2D eigenvalue weighted by atomic mass is 10.5. The minimum atomic E-state index is 0.313. The Hall–Kier alpha value is -0.680. The highest BCUT2D eigenvalue weighted by Gasteiger charge is 1.92. The molecule has 0 saturated heterocycles. The summed E-state index contributed by atoms with van der Waals surface area (Å²) >= 11 is 6.17. The van der Waals surface area contributed by atoms with Gasteiger partial charge in [0.05, 0.1) is 17.7 Å². The third kappa shape index (κ3) is 2.28. The van der Waals surface area contributed by atoms with Crippen LogP contribution >= 0.6 is 23.6 Å². The number of thiocarbonyl (C=S) groups is 1. The fourth-order valence-electron chi connectivity index (χ4n) is 0.503. The molecule has 0 bridgehead atoms. The van der Waals surface area contributed by atoms with E-state index in [1.54, 1.807) is 16.8 Å². The van der Waals surface area contributed by atoms with Crippen molar-refractivity contribution in [1.29, 1.82) is 0 Å². The van der Waals surface area contributed by atoms with Gasteiger partial charge >= 0.3 is 0 Å². The van der Waals surface area contributed by atoms with E-state index in [1.165, 1.54) is 0 Å². The second-order valence-corrected chi connectivity index (χ2v) is 2.86. The first kappa shape index (κ1) is 7.43. The van der Waals surface area contributed by atoms with Crippen molar-refractivity contribution >= 4 is 28.7 Å². The molecule has 0 radical (unpaired) electrons. The van der Waals surface area contributed by atoms with Crippen molar-refractivity contribution in [2.45, 2.75) is 6.54 Å². The molecular weight excluding hydrogens is 166 g/mol. The molecule has 0 aliphatic rings. The van der Waals surface area contributed by atoms with Crippen molar-refractivity contribution in [3.05, 3.63) is 16.6 Å².